The molecule has 1 atom stereocenters. The van der Waals surface area contributed by atoms with E-state index in [1.54, 1.807) is 10.9 Å². The monoisotopic (exact) mass is 505 g/mol. The molecular weight excluding hydrogens is 474 g/mol. The number of aryl methyl sites for hydroxylation is 4. The van der Waals surface area contributed by atoms with Crippen molar-refractivity contribution in [1.29, 1.82) is 0 Å². The number of allylic oxidation sites excluding steroid dienone is 1. The van der Waals surface area contributed by atoms with Crippen molar-refractivity contribution in [3.05, 3.63) is 118 Å². The van der Waals surface area contributed by atoms with Gasteiger partial charge in [-0.3, -0.25) is 9.59 Å². The van der Waals surface area contributed by atoms with E-state index in [0.717, 1.165) is 33.5 Å². The van der Waals surface area contributed by atoms with Gasteiger partial charge in [-0.2, -0.15) is 5.10 Å². The number of hydrogen-bond donors (Lipinski definition) is 3. The van der Waals surface area contributed by atoms with Gasteiger partial charge < -0.3 is 16.0 Å². The second kappa shape index (κ2) is 10.0. The third-order valence-electron chi connectivity index (χ3n) is 6.90. The largest absolute Gasteiger partial charge is 0.343 e. The number of hydrogen-bond acceptors (Lipinski definition) is 4. The van der Waals surface area contributed by atoms with Crippen molar-refractivity contribution in [2.45, 2.75) is 40.7 Å². The predicted molar refractivity (Wildman–Crippen MR) is 152 cm³/mol. The number of rotatable bonds is 5. The minimum atomic E-state index is -0.515. The number of carbonyl (C=O) groups excluding carboxylic acids is 2. The van der Waals surface area contributed by atoms with E-state index >= 15 is 0 Å². The Morgan fingerprint density at radius 1 is 0.816 bits per heavy atom. The summed E-state index contributed by atoms with van der Waals surface area (Å²) < 4.78 is 1.73. The molecule has 0 bridgehead atoms. The molecule has 2 amide bonds. The Bertz CT molecular complexity index is 1600. The van der Waals surface area contributed by atoms with Gasteiger partial charge in [0.05, 0.1) is 11.8 Å². The summed E-state index contributed by atoms with van der Waals surface area (Å²) in [5.41, 5.74) is 8.21. The van der Waals surface area contributed by atoms with Gasteiger partial charge in [0.15, 0.2) is 0 Å². The molecular formula is C31H31N5O2. The van der Waals surface area contributed by atoms with Gasteiger partial charge in [-0.25, -0.2) is 4.68 Å². The molecule has 3 aromatic carbocycles. The first kappa shape index (κ1) is 25.0. The number of nitrogens with zero attached hydrogens (tertiary/aromatic N) is 2. The van der Waals surface area contributed by atoms with E-state index in [9.17, 15) is 9.59 Å². The smallest absolute Gasteiger partial charge is 0.261 e. The second-order valence-electron chi connectivity index (χ2n) is 9.87. The topological polar surface area (TPSA) is 88.0 Å². The molecule has 0 radical (unpaired) electrons. The Balaban J connectivity index is 1.56. The van der Waals surface area contributed by atoms with Crippen LogP contribution in [0.2, 0.25) is 0 Å². The van der Waals surface area contributed by atoms with E-state index in [1.807, 2.05) is 101 Å². The fourth-order valence-corrected chi connectivity index (χ4v) is 4.96. The van der Waals surface area contributed by atoms with Gasteiger partial charge in [0.1, 0.15) is 17.4 Å². The average molecular weight is 506 g/mol. The van der Waals surface area contributed by atoms with E-state index in [4.69, 9.17) is 0 Å². The molecule has 38 heavy (non-hydrogen) atoms. The molecule has 7 heteroatoms. The SMILES string of the molecule is CC1=C(C(=O)Nc2ccc(C)cc2C)[C@@H](c2ccccc2C)n2ncc(C(=O)Nc3cccc(C)c3)c2N1. The van der Waals surface area contributed by atoms with Gasteiger partial charge in [0, 0.05) is 17.1 Å². The number of amides is 2. The molecule has 1 aliphatic rings. The summed E-state index contributed by atoms with van der Waals surface area (Å²) in [5.74, 6) is 0.0509. The van der Waals surface area contributed by atoms with Crippen molar-refractivity contribution >= 4 is 29.0 Å². The Kier molecular flexibility index (Phi) is 6.59. The summed E-state index contributed by atoms with van der Waals surface area (Å²) >= 11 is 0. The van der Waals surface area contributed by atoms with Crippen LogP contribution in [0.3, 0.4) is 0 Å². The van der Waals surface area contributed by atoms with Crippen molar-refractivity contribution < 1.29 is 9.59 Å². The molecule has 7 nitrogen and oxygen atoms in total. The maximum atomic E-state index is 13.8. The molecule has 0 fully saturated rings. The van der Waals surface area contributed by atoms with Crippen LogP contribution in [0.15, 0.2) is 84.2 Å². The average Bonchev–Trinajstić information content (AvgIpc) is 3.29. The minimum Gasteiger partial charge on any atom is -0.343 e. The molecule has 0 aliphatic carbocycles. The van der Waals surface area contributed by atoms with Crippen molar-refractivity contribution in [1.82, 2.24) is 9.78 Å². The predicted octanol–water partition coefficient (Wildman–Crippen LogP) is 6.30. The highest BCUT2D eigenvalue weighted by molar-refractivity contribution is 6.09. The number of anilines is 3. The molecule has 192 valence electrons. The summed E-state index contributed by atoms with van der Waals surface area (Å²) in [4.78, 5) is 27.1. The quantitative estimate of drug-likeness (QED) is 0.297. The van der Waals surface area contributed by atoms with E-state index in [0.29, 0.717) is 28.3 Å². The van der Waals surface area contributed by atoms with Gasteiger partial charge in [0.2, 0.25) is 0 Å². The summed E-state index contributed by atoms with van der Waals surface area (Å²) in [7, 11) is 0. The van der Waals surface area contributed by atoms with Crippen LogP contribution >= 0.6 is 0 Å². The van der Waals surface area contributed by atoms with Crippen LogP contribution in [0, 0.1) is 27.7 Å². The molecule has 5 rings (SSSR count). The molecule has 4 aromatic rings. The highest BCUT2D eigenvalue weighted by atomic mass is 16.2. The third kappa shape index (κ3) is 4.70. The lowest BCUT2D eigenvalue weighted by atomic mass is 9.91. The zero-order valence-electron chi connectivity index (χ0n) is 22.2. The van der Waals surface area contributed by atoms with Crippen LogP contribution in [0.25, 0.3) is 0 Å². The van der Waals surface area contributed by atoms with Crippen LogP contribution in [-0.2, 0) is 4.79 Å². The summed E-state index contributed by atoms with van der Waals surface area (Å²) in [6.45, 7) is 9.86. The van der Waals surface area contributed by atoms with Crippen LogP contribution in [0.1, 0.15) is 51.1 Å². The number of benzene rings is 3. The lowest BCUT2D eigenvalue weighted by molar-refractivity contribution is -0.113. The Hall–Kier alpha value is -4.65. The van der Waals surface area contributed by atoms with Gasteiger partial charge in [0.25, 0.3) is 11.8 Å². The zero-order valence-corrected chi connectivity index (χ0v) is 22.2. The van der Waals surface area contributed by atoms with Crippen LogP contribution in [-0.4, -0.2) is 21.6 Å². The van der Waals surface area contributed by atoms with E-state index < -0.39 is 6.04 Å². The molecule has 0 unspecified atom stereocenters. The van der Waals surface area contributed by atoms with Crippen LogP contribution < -0.4 is 16.0 Å². The lowest BCUT2D eigenvalue weighted by Crippen LogP contribution is -2.32. The Morgan fingerprint density at radius 3 is 2.32 bits per heavy atom. The summed E-state index contributed by atoms with van der Waals surface area (Å²) in [5, 5.41) is 14.0. The number of aromatic nitrogens is 2. The Labute approximate surface area is 222 Å². The maximum absolute atomic E-state index is 13.8. The number of nitrogens with one attached hydrogen (secondary N) is 3. The molecule has 0 saturated heterocycles. The third-order valence-corrected chi connectivity index (χ3v) is 6.90. The van der Waals surface area contributed by atoms with Crippen molar-refractivity contribution in [2.75, 3.05) is 16.0 Å². The number of fused-ring (bicyclic) bond motifs is 1. The Morgan fingerprint density at radius 2 is 1.58 bits per heavy atom. The molecule has 1 aliphatic heterocycles. The van der Waals surface area contributed by atoms with Gasteiger partial charge in [-0.1, -0.05) is 54.1 Å². The van der Waals surface area contributed by atoms with E-state index in [2.05, 4.69) is 21.0 Å². The molecule has 0 saturated carbocycles. The van der Waals surface area contributed by atoms with Crippen LogP contribution in [0.5, 0.6) is 0 Å². The lowest BCUT2D eigenvalue weighted by Gasteiger charge is -2.31. The van der Waals surface area contributed by atoms with Crippen molar-refractivity contribution in [2.24, 2.45) is 0 Å². The highest BCUT2D eigenvalue weighted by Gasteiger charge is 2.36. The molecule has 0 spiro atoms. The molecule has 3 N–H and O–H groups in total. The van der Waals surface area contributed by atoms with Gasteiger partial charge in [-0.05, 0) is 75.1 Å². The second-order valence-corrected chi connectivity index (χ2v) is 9.87. The first-order valence-corrected chi connectivity index (χ1v) is 12.6. The summed E-state index contributed by atoms with van der Waals surface area (Å²) in [6.07, 6.45) is 1.55. The fraction of sp³-hybridized carbons (Fsp3) is 0.194. The van der Waals surface area contributed by atoms with E-state index in [-0.39, 0.29) is 11.8 Å². The minimum absolute atomic E-state index is 0.220. The fourth-order valence-electron chi connectivity index (χ4n) is 4.96. The van der Waals surface area contributed by atoms with Gasteiger partial charge in [-0.15, -0.1) is 0 Å². The zero-order chi connectivity index (χ0) is 27.0. The van der Waals surface area contributed by atoms with Crippen molar-refractivity contribution in [3.63, 3.8) is 0 Å². The van der Waals surface area contributed by atoms with Crippen LogP contribution in [0.4, 0.5) is 17.2 Å². The first-order valence-electron chi connectivity index (χ1n) is 12.6. The first-order chi connectivity index (χ1) is 18.2. The van der Waals surface area contributed by atoms with Crippen molar-refractivity contribution in [3.8, 4) is 0 Å². The highest BCUT2D eigenvalue weighted by Crippen LogP contribution is 2.39. The number of carbonyl (C=O) groups is 2. The maximum Gasteiger partial charge on any atom is 0.261 e. The van der Waals surface area contributed by atoms with Gasteiger partial charge >= 0.3 is 0 Å². The normalized spacial score (nSPS) is 14.5. The standard InChI is InChI=1S/C31H31N5O2/c1-18-9-8-11-23(16-18)34-30(37)25-17-32-36-28(24-12-7-6-10-20(24)3)27(22(5)33-29(25)36)31(38)35-26-14-13-19(2)15-21(26)4/h6-17,28,33H,1-5H3,(H,34,37)(H,35,38)/t28-/m1/s1. The van der Waals surface area contributed by atoms with E-state index in [1.165, 1.54) is 0 Å². The molecule has 1 aromatic heterocycles. The summed E-state index contributed by atoms with van der Waals surface area (Å²) in [6, 6.07) is 21.0. The molecule has 2 heterocycles.